The van der Waals surface area contributed by atoms with Crippen LogP contribution in [0.2, 0.25) is 0 Å². The molecule has 4 aliphatic rings. The molecule has 1 nitrogen and oxygen atoms in total. The van der Waals surface area contributed by atoms with Crippen LogP contribution in [0.1, 0.15) is 112 Å². The van der Waals surface area contributed by atoms with Crippen molar-refractivity contribution in [2.75, 3.05) is 6.61 Å². The van der Waals surface area contributed by atoms with Crippen molar-refractivity contribution < 1.29 is 5.11 Å². The molecule has 10 atom stereocenters. The molecule has 4 saturated carbocycles. The summed E-state index contributed by atoms with van der Waals surface area (Å²) in [6.45, 7) is 15.6. The summed E-state index contributed by atoms with van der Waals surface area (Å²) < 4.78 is 0. The van der Waals surface area contributed by atoms with Gasteiger partial charge in [0.2, 0.25) is 0 Å². The first-order valence-electron chi connectivity index (χ1n) is 13.8. The summed E-state index contributed by atoms with van der Waals surface area (Å²) in [6.07, 6.45) is 15.7. The lowest BCUT2D eigenvalue weighted by molar-refractivity contribution is -0.153. The molecule has 1 N–H and O–H groups in total. The van der Waals surface area contributed by atoms with Crippen LogP contribution in [0.15, 0.2) is 0 Å². The maximum atomic E-state index is 10.5. The molecular formula is C29H52O. The summed E-state index contributed by atoms with van der Waals surface area (Å²) in [5.41, 5.74) is 1.10. The Morgan fingerprint density at radius 3 is 2.27 bits per heavy atom. The van der Waals surface area contributed by atoms with Crippen molar-refractivity contribution in [1.82, 2.24) is 0 Å². The highest BCUT2D eigenvalue weighted by atomic mass is 16.3. The van der Waals surface area contributed by atoms with Gasteiger partial charge >= 0.3 is 0 Å². The maximum absolute atomic E-state index is 10.5. The van der Waals surface area contributed by atoms with Gasteiger partial charge in [-0.1, -0.05) is 67.2 Å². The molecule has 0 spiro atoms. The molecule has 10 unspecified atom stereocenters. The van der Waals surface area contributed by atoms with Crippen LogP contribution in [0, 0.1) is 64.1 Å². The Hall–Kier alpha value is -0.0400. The molecule has 30 heavy (non-hydrogen) atoms. The summed E-state index contributed by atoms with van der Waals surface area (Å²) in [7, 11) is 0. The van der Waals surface area contributed by atoms with Gasteiger partial charge in [0.25, 0.3) is 0 Å². The van der Waals surface area contributed by atoms with E-state index >= 15 is 0 Å². The first-order chi connectivity index (χ1) is 14.2. The zero-order valence-corrected chi connectivity index (χ0v) is 21.1. The highest BCUT2D eigenvalue weighted by Crippen LogP contribution is 2.69. The number of fused-ring (bicyclic) bond motifs is 5. The Labute approximate surface area is 188 Å². The molecule has 0 aromatic rings. The van der Waals surface area contributed by atoms with Crippen molar-refractivity contribution >= 4 is 0 Å². The van der Waals surface area contributed by atoms with Gasteiger partial charge in [-0.15, -0.1) is 0 Å². The molecule has 0 bridgehead atoms. The first-order valence-corrected chi connectivity index (χ1v) is 13.8. The fourth-order valence-electron chi connectivity index (χ4n) is 9.85. The highest BCUT2D eigenvalue weighted by molar-refractivity contribution is 5.11. The van der Waals surface area contributed by atoms with E-state index in [-0.39, 0.29) is 0 Å². The van der Waals surface area contributed by atoms with Crippen molar-refractivity contribution in [2.24, 2.45) is 64.1 Å². The van der Waals surface area contributed by atoms with Crippen molar-refractivity contribution in [2.45, 2.75) is 112 Å². The minimum atomic E-state index is 0.448. The van der Waals surface area contributed by atoms with E-state index in [9.17, 15) is 5.11 Å². The van der Waals surface area contributed by atoms with Gasteiger partial charge in [0.15, 0.2) is 0 Å². The lowest BCUT2D eigenvalue weighted by Crippen LogP contribution is -2.57. The van der Waals surface area contributed by atoms with E-state index < -0.39 is 0 Å². The fourth-order valence-corrected chi connectivity index (χ4v) is 9.85. The van der Waals surface area contributed by atoms with Crippen molar-refractivity contribution in [3.8, 4) is 0 Å². The van der Waals surface area contributed by atoms with Gasteiger partial charge in [-0.05, 0) is 109 Å². The number of hydrogen-bond donors (Lipinski definition) is 1. The number of aliphatic hydroxyl groups is 1. The van der Waals surface area contributed by atoms with Crippen LogP contribution in [-0.2, 0) is 0 Å². The molecule has 0 amide bonds. The third-order valence-corrected chi connectivity index (χ3v) is 11.5. The number of rotatable bonds is 6. The second-order valence-corrected chi connectivity index (χ2v) is 13.6. The van der Waals surface area contributed by atoms with E-state index in [1.807, 2.05) is 0 Å². The van der Waals surface area contributed by atoms with Crippen molar-refractivity contribution in [1.29, 1.82) is 0 Å². The summed E-state index contributed by atoms with van der Waals surface area (Å²) >= 11 is 0. The van der Waals surface area contributed by atoms with Gasteiger partial charge < -0.3 is 5.11 Å². The molecule has 4 aliphatic carbocycles. The van der Waals surface area contributed by atoms with Crippen molar-refractivity contribution in [3.05, 3.63) is 0 Å². The zero-order chi connectivity index (χ0) is 21.7. The summed E-state index contributed by atoms with van der Waals surface area (Å²) in [5, 5.41) is 10.5. The lowest BCUT2D eigenvalue weighted by Gasteiger charge is -2.63. The maximum Gasteiger partial charge on any atom is 0.0462 e. The molecule has 0 saturated heterocycles. The Morgan fingerprint density at radius 1 is 0.867 bits per heavy atom. The predicted octanol–water partition coefficient (Wildman–Crippen LogP) is 7.96. The third kappa shape index (κ3) is 3.82. The van der Waals surface area contributed by atoms with E-state index in [1.165, 1.54) is 70.6 Å². The second-order valence-electron chi connectivity index (χ2n) is 13.6. The second kappa shape index (κ2) is 8.72. The van der Waals surface area contributed by atoms with Crippen LogP contribution >= 0.6 is 0 Å². The Kier molecular flexibility index (Phi) is 6.72. The monoisotopic (exact) mass is 416 g/mol. The molecule has 4 fully saturated rings. The zero-order valence-electron chi connectivity index (χ0n) is 21.1. The Bertz CT molecular complexity index is 583. The third-order valence-electron chi connectivity index (χ3n) is 11.5. The predicted molar refractivity (Wildman–Crippen MR) is 128 cm³/mol. The van der Waals surface area contributed by atoms with Crippen LogP contribution in [0.3, 0.4) is 0 Å². The molecule has 1 heteroatoms. The van der Waals surface area contributed by atoms with E-state index in [0.29, 0.717) is 23.4 Å². The molecular weight excluding hydrogens is 364 g/mol. The van der Waals surface area contributed by atoms with Gasteiger partial charge in [0, 0.05) is 6.61 Å². The molecule has 0 aliphatic heterocycles. The summed E-state index contributed by atoms with van der Waals surface area (Å²) in [4.78, 5) is 0. The summed E-state index contributed by atoms with van der Waals surface area (Å²) in [6, 6.07) is 0. The topological polar surface area (TPSA) is 20.2 Å². The fraction of sp³-hybridized carbons (Fsp3) is 1.00. The van der Waals surface area contributed by atoms with E-state index in [2.05, 4.69) is 41.5 Å². The quantitative estimate of drug-likeness (QED) is 0.465. The van der Waals surface area contributed by atoms with E-state index in [1.54, 1.807) is 0 Å². The van der Waals surface area contributed by atoms with Gasteiger partial charge in [0.1, 0.15) is 0 Å². The molecule has 4 rings (SSSR count). The van der Waals surface area contributed by atoms with E-state index in [0.717, 1.165) is 47.3 Å². The largest absolute Gasteiger partial charge is 0.396 e. The normalized spacial score (nSPS) is 49.4. The van der Waals surface area contributed by atoms with Crippen LogP contribution in [0.25, 0.3) is 0 Å². The van der Waals surface area contributed by atoms with Crippen LogP contribution in [0.4, 0.5) is 0 Å². The SMILES string of the molecule is CC(C)CCCC(C)C1CCC2C3C(CO)CC4CC(C)CCC4(C)C3CCC12C. The molecule has 0 radical (unpaired) electrons. The van der Waals surface area contributed by atoms with Gasteiger partial charge in [-0.2, -0.15) is 0 Å². The van der Waals surface area contributed by atoms with Gasteiger partial charge in [-0.3, -0.25) is 0 Å². The standard InChI is InChI=1S/C29H52O/c1-19(2)8-7-9-21(4)24-10-11-25-27-22(18-30)17-23-16-20(3)12-14-28(23,5)26(27)13-15-29(24,25)6/h19-27,30H,7-18H2,1-6H3. The summed E-state index contributed by atoms with van der Waals surface area (Å²) in [5.74, 6) is 7.56. The Balaban J connectivity index is 1.53. The minimum absolute atomic E-state index is 0.448. The average Bonchev–Trinajstić information content (AvgIpc) is 3.05. The molecule has 0 heterocycles. The highest BCUT2D eigenvalue weighted by Gasteiger charge is 2.62. The van der Waals surface area contributed by atoms with Gasteiger partial charge in [0.05, 0.1) is 0 Å². The van der Waals surface area contributed by atoms with Crippen LogP contribution in [-0.4, -0.2) is 11.7 Å². The van der Waals surface area contributed by atoms with Gasteiger partial charge in [-0.25, -0.2) is 0 Å². The van der Waals surface area contributed by atoms with Crippen LogP contribution in [0.5, 0.6) is 0 Å². The molecule has 0 aromatic heterocycles. The smallest absolute Gasteiger partial charge is 0.0462 e. The van der Waals surface area contributed by atoms with Crippen molar-refractivity contribution in [3.63, 3.8) is 0 Å². The van der Waals surface area contributed by atoms with E-state index in [4.69, 9.17) is 0 Å². The Morgan fingerprint density at radius 2 is 1.57 bits per heavy atom. The average molecular weight is 417 g/mol. The number of aliphatic hydroxyl groups excluding tert-OH is 1. The van der Waals surface area contributed by atoms with Crippen LogP contribution < -0.4 is 0 Å². The molecule has 174 valence electrons. The molecule has 0 aromatic carbocycles. The minimum Gasteiger partial charge on any atom is -0.396 e. The number of hydrogen-bond acceptors (Lipinski definition) is 1. The lowest BCUT2D eigenvalue weighted by atomic mass is 9.42. The first kappa shape index (κ1) is 23.1.